The summed E-state index contributed by atoms with van der Waals surface area (Å²) in [7, 11) is 0. The topological polar surface area (TPSA) is 88.1 Å². The number of hydrogen-bond donors (Lipinski definition) is 0. The maximum atomic E-state index is 12.9. The van der Waals surface area contributed by atoms with Gasteiger partial charge in [-0.3, -0.25) is 4.79 Å². The molecule has 0 amide bonds. The molecule has 7 nitrogen and oxygen atoms in total. The molecule has 0 aliphatic heterocycles. The first-order valence-corrected chi connectivity index (χ1v) is 16.9. The SMILES string of the molecule is C=CC(=O)OCCCCCCCCCCCCOc1ccc(C(=O)c2ccc(C(=O)OCC(C)OCCCCCC)cc2)cc1. The van der Waals surface area contributed by atoms with E-state index in [1.54, 1.807) is 36.4 Å². The van der Waals surface area contributed by atoms with Gasteiger partial charge in [-0.1, -0.05) is 96.3 Å². The van der Waals surface area contributed by atoms with Crippen LogP contribution in [0.4, 0.5) is 0 Å². The van der Waals surface area contributed by atoms with Gasteiger partial charge in [0.15, 0.2) is 5.78 Å². The standard InChI is InChI=1S/C38H54O7/c1-4-6-7-16-27-42-31(3)30-45-38(41)34-21-19-32(20-22-34)37(40)33-23-25-35(26-24-33)43-28-17-14-12-10-8-9-11-13-15-18-29-44-36(39)5-2/h5,19-26,31H,2,4,6-18,27-30H2,1,3H3. The molecule has 1 atom stereocenters. The molecule has 0 saturated heterocycles. The molecule has 0 aliphatic carbocycles. The van der Waals surface area contributed by atoms with Crippen molar-refractivity contribution in [2.24, 2.45) is 0 Å². The van der Waals surface area contributed by atoms with E-state index in [1.807, 2.05) is 19.1 Å². The van der Waals surface area contributed by atoms with Crippen molar-refractivity contribution in [1.29, 1.82) is 0 Å². The first-order chi connectivity index (χ1) is 21.9. The quantitative estimate of drug-likeness (QED) is 0.0447. The van der Waals surface area contributed by atoms with Crippen LogP contribution in [0.5, 0.6) is 5.75 Å². The summed E-state index contributed by atoms with van der Waals surface area (Å²) in [5.74, 6) is -0.124. The minimum Gasteiger partial charge on any atom is -0.494 e. The lowest BCUT2D eigenvalue weighted by molar-refractivity contribution is -0.137. The third kappa shape index (κ3) is 17.0. The largest absolute Gasteiger partial charge is 0.494 e. The highest BCUT2D eigenvalue weighted by Crippen LogP contribution is 2.18. The molecular formula is C38H54O7. The van der Waals surface area contributed by atoms with Crippen molar-refractivity contribution >= 4 is 17.7 Å². The number of esters is 2. The number of benzene rings is 2. The maximum absolute atomic E-state index is 12.9. The zero-order valence-electron chi connectivity index (χ0n) is 27.6. The monoisotopic (exact) mass is 622 g/mol. The van der Waals surface area contributed by atoms with Crippen LogP contribution in [-0.2, 0) is 19.0 Å². The highest BCUT2D eigenvalue weighted by atomic mass is 16.6. The van der Waals surface area contributed by atoms with Gasteiger partial charge in [-0.05, 0) is 62.6 Å². The van der Waals surface area contributed by atoms with Crippen LogP contribution in [0, 0.1) is 0 Å². The second kappa shape index (κ2) is 23.9. The van der Waals surface area contributed by atoms with Gasteiger partial charge in [0.25, 0.3) is 0 Å². The Morgan fingerprint density at radius 2 is 1.13 bits per heavy atom. The van der Waals surface area contributed by atoms with Crippen LogP contribution in [0.15, 0.2) is 61.2 Å². The number of ketones is 1. The Kier molecular flexibility index (Phi) is 20.0. The van der Waals surface area contributed by atoms with Crippen LogP contribution in [0.1, 0.15) is 130 Å². The predicted octanol–water partition coefficient (Wildman–Crippen LogP) is 9.07. The Hall–Kier alpha value is -3.45. The molecule has 248 valence electrons. The van der Waals surface area contributed by atoms with E-state index < -0.39 is 5.97 Å². The van der Waals surface area contributed by atoms with E-state index in [2.05, 4.69) is 13.5 Å². The Morgan fingerprint density at radius 1 is 0.644 bits per heavy atom. The lowest BCUT2D eigenvalue weighted by atomic mass is 10.0. The highest BCUT2D eigenvalue weighted by Gasteiger charge is 2.13. The number of carbonyl (C=O) groups is 3. The van der Waals surface area contributed by atoms with E-state index in [0.29, 0.717) is 36.5 Å². The van der Waals surface area contributed by atoms with Gasteiger partial charge in [-0.25, -0.2) is 9.59 Å². The summed E-state index contributed by atoms with van der Waals surface area (Å²) >= 11 is 0. The molecule has 0 radical (unpaired) electrons. The van der Waals surface area contributed by atoms with Gasteiger partial charge in [0, 0.05) is 23.8 Å². The fraction of sp³-hybridized carbons (Fsp3) is 0.553. The van der Waals surface area contributed by atoms with E-state index >= 15 is 0 Å². The fourth-order valence-corrected chi connectivity index (χ4v) is 4.80. The Balaban J connectivity index is 1.56. The second-order valence-corrected chi connectivity index (χ2v) is 11.5. The van der Waals surface area contributed by atoms with Crippen LogP contribution in [0.2, 0.25) is 0 Å². The molecule has 0 aromatic heterocycles. The van der Waals surface area contributed by atoms with Crippen molar-refractivity contribution < 1.29 is 33.3 Å². The molecule has 0 N–H and O–H groups in total. The molecule has 45 heavy (non-hydrogen) atoms. The van der Waals surface area contributed by atoms with Gasteiger partial charge in [0.05, 0.1) is 24.9 Å². The van der Waals surface area contributed by atoms with Crippen LogP contribution in [0.3, 0.4) is 0 Å². The molecule has 0 heterocycles. The van der Waals surface area contributed by atoms with Crippen molar-refractivity contribution in [3.05, 3.63) is 77.9 Å². The van der Waals surface area contributed by atoms with Crippen molar-refractivity contribution in [3.63, 3.8) is 0 Å². The summed E-state index contributed by atoms with van der Waals surface area (Å²) in [6.07, 6.45) is 17.1. The van der Waals surface area contributed by atoms with Gasteiger partial charge in [0.2, 0.25) is 0 Å². The van der Waals surface area contributed by atoms with E-state index in [0.717, 1.165) is 44.3 Å². The fourth-order valence-electron chi connectivity index (χ4n) is 4.80. The Bertz CT molecular complexity index is 1110. The Morgan fingerprint density at radius 3 is 1.71 bits per heavy atom. The van der Waals surface area contributed by atoms with E-state index in [1.165, 1.54) is 57.4 Å². The molecular weight excluding hydrogens is 568 g/mol. The van der Waals surface area contributed by atoms with Gasteiger partial charge in [-0.2, -0.15) is 0 Å². The van der Waals surface area contributed by atoms with Crippen molar-refractivity contribution in [2.45, 2.75) is 110 Å². The summed E-state index contributed by atoms with van der Waals surface area (Å²) < 4.78 is 21.9. The minimum atomic E-state index is -0.425. The Labute approximate surface area is 270 Å². The van der Waals surface area contributed by atoms with E-state index in [9.17, 15) is 14.4 Å². The number of ether oxygens (including phenoxy) is 4. The molecule has 0 aliphatic rings. The smallest absolute Gasteiger partial charge is 0.338 e. The van der Waals surface area contributed by atoms with Crippen LogP contribution >= 0.6 is 0 Å². The summed E-state index contributed by atoms with van der Waals surface area (Å²) in [5, 5.41) is 0. The summed E-state index contributed by atoms with van der Waals surface area (Å²) in [6.45, 7) is 9.47. The minimum absolute atomic E-state index is 0.111. The average molecular weight is 623 g/mol. The molecule has 0 fully saturated rings. The molecule has 0 bridgehead atoms. The third-order valence-electron chi connectivity index (χ3n) is 7.57. The second-order valence-electron chi connectivity index (χ2n) is 11.5. The maximum Gasteiger partial charge on any atom is 0.338 e. The first-order valence-electron chi connectivity index (χ1n) is 16.9. The molecule has 2 rings (SSSR count). The lowest BCUT2D eigenvalue weighted by Crippen LogP contribution is -2.19. The van der Waals surface area contributed by atoms with Crippen molar-refractivity contribution in [1.82, 2.24) is 0 Å². The number of rotatable bonds is 26. The van der Waals surface area contributed by atoms with Gasteiger partial charge in [0.1, 0.15) is 12.4 Å². The number of carbonyl (C=O) groups excluding carboxylic acids is 3. The van der Waals surface area contributed by atoms with Crippen LogP contribution < -0.4 is 4.74 Å². The predicted molar refractivity (Wildman–Crippen MR) is 179 cm³/mol. The third-order valence-corrected chi connectivity index (χ3v) is 7.57. The first kappa shape index (κ1) is 37.7. The summed E-state index contributed by atoms with van der Waals surface area (Å²) in [5.41, 5.74) is 1.48. The summed E-state index contributed by atoms with van der Waals surface area (Å²) in [6, 6.07) is 13.8. The molecule has 2 aromatic carbocycles. The number of hydrogen-bond acceptors (Lipinski definition) is 7. The van der Waals surface area contributed by atoms with Crippen LogP contribution in [0.25, 0.3) is 0 Å². The lowest BCUT2D eigenvalue weighted by Gasteiger charge is -2.13. The number of unbranched alkanes of at least 4 members (excludes halogenated alkanes) is 12. The van der Waals surface area contributed by atoms with Crippen LogP contribution in [-0.4, -0.2) is 50.3 Å². The zero-order valence-corrected chi connectivity index (χ0v) is 27.6. The van der Waals surface area contributed by atoms with E-state index in [4.69, 9.17) is 18.9 Å². The highest BCUT2D eigenvalue weighted by molar-refractivity contribution is 6.09. The molecule has 2 aromatic rings. The van der Waals surface area contributed by atoms with Gasteiger partial charge in [-0.15, -0.1) is 0 Å². The normalized spacial score (nSPS) is 11.5. The molecule has 1 unspecified atom stereocenters. The van der Waals surface area contributed by atoms with E-state index in [-0.39, 0.29) is 24.5 Å². The van der Waals surface area contributed by atoms with Crippen molar-refractivity contribution in [2.75, 3.05) is 26.4 Å². The van der Waals surface area contributed by atoms with Gasteiger partial charge < -0.3 is 18.9 Å². The molecule has 0 saturated carbocycles. The zero-order chi connectivity index (χ0) is 32.5. The summed E-state index contributed by atoms with van der Waals surface area (Å²) in [4.78, 5) is 36.3. The molecule has 7 heteroatoms. The average Bonchev–Trinajstić information content (AvgIpc) is 3.07. The van der Waals surface area contributed by atoms with Gasteiger partial charge >= 0.3 is 11.9 Å². The molecule has 0 spiro atoms. The van der Waals surface area contributed by atoms with Crippen molar-refractivity contribution in [3.8, 4) is 5.75 Å².